The number of esters is 1. The molecule has 1 amide bonds. The zero-order valence-electron chi connectivity index (χ0n) is 17.0. The highest BCUT2D eigenvalue weighted by Crippen LogP contribution is 2.40. The Labute approximate surface area is 170 Å². The zero-order valence-corrected chi connectivity index (χ0v) is 17.8. The van der Waals surface area contributed by atoms with Crippen molar-refractivity contribution in [2.45, 2.75) is 52.1 Å². The van der Waals surface area contributed by atoms with Gasteiger partial charge in [-0.05, 0) is 39.2 Å². The van der Waals surface area contributed by atoms with Gasteiger partial charge in [0.2, 0.25) is 5.91 Å². The average Bonchev–Trinajstić information content (AvgIpc) is 3.00. The minimum atomic E-state index is -0.432. The molecule has 5 nitrogen and oxygen atoms in total. The van der Waals surface area contributed by atoms with Crippen LogP contribution in [0.2, 0.25) is 0 Å². The minimum Gasteiger partial charge on any atom is -0.465 e. The van der Waals surface area contributed by atoms with E-state index in [1.54, 1.807) is 0 Å². The quantitative estimate of drug-likeness (QED) is 0.739. The molecule has 150 valence electrons. The van der Waals surface area contributed by atoms with Crippen molar-refractivity contribution < 1.29 is 14.3 Å². The SMILES string of the molecule is COC(=O)c1c(NC(=O)CN2C(C)CCCC2C)sc(C)c1-c1ccccc1. The van der Waals surface area contributed by atoms with Crippen LogP contribution in [0.1, 0.15) is 48.3 Å². The summed E-state index contributed by atoms with van der Waals surface area (Å²) in [5.74, 6) is -0.523. The molecule has 2 heterocycles. The third-order valence-electron chi connectivity index (χ3n) is 5.49. The van der Waals surface area contributed by atoms with Gasteiger partial charge in [-0.25, -0.2) is 4.79 Å². The van der Waals surface area contributed by atoms with Crippen molar-refractivity contribution in [3.63, 3.8) is 0 Å². The Balaban J connectivity index is 1.87. The van der Waals surface area contributed by atoms with E-state index in [9.17, 15) is 9.59 Å². The molecule has 1 aromatic carbocycles. The normalized spacial score (nSPS) is 20.0. The number of hydrogen-bond acceptors (Lipinski definition) is 5. The topological polar surface area (TPSA) is 58.6 Å². The molecule has 0 radical (unpaired) electrons. The summed E-state index contributed by atoms with van der Waals surface area (Å²) in [7, 11) is 1.37. The second-order valence-corrected chi connectivity index (χ2v) is 8.67. The molecule has 2 atom stereocenters. The fourth-order valence-electron chi connectivity index (χ4n) is 4.00. The van der Waals surface area contributed by atoms with Gasteiger partial charge in [0.25, 0.3) is 0 Å². The summed E-state index contributed by atoms with van der Waals surface area (Å²) in [5.41, 5.74) is 2.20. The summed E-state index contributed by atoms with van der Waals surface area (Å²) in [5, 5.41) is 3.54. The summed E-state index contributed by atoms with van der Waals surface area (Å²) < 4.78 is 5.02. The van der Waals surface area contributed by atoms with Crippen molar-refractivity contribution in [3.05, 3.63) is 40.8 Å². The van der Waals surface area contributed by atoms with Crippen LogP contribution < -0.4 is 5.32 Å². The largest absolute Gasteiger partial charge is 0.465 e. The van der Waals surface area contributed by atoms with Crippen molar-refractivity contribution in [1.29, 1.82) is 0 Å². The predicted octanol–water partition coefficient (Wildman–Crippen LogP) is 4.71. The van der Waals surface area contributed by atoms with Crippen LogP contribution in [0.4, 0.5) is 5.00 Å². The summed E-state index contributed by atoms with van der Waals surface area (Å²) in [6.07, 6.45) is 3.43. The molecule has 1 aliphatic heterocycles. The van der Waals surface area contributed by atoms with Gasteiger partial charge in [-0.1, -0.05) is 36.8 Å². The molecule has 28 heavy (non-hydrogen) atoms. The summed E-state index contributed by atoms with van der Waals surface area (Å²) in [6, 6.07) is 10.5. The molecule has 1 fully saturated rings. The Kier molecular flexibility index (Phi) is 6.52. The maximum atomic E-state index is 12.8. The third-order valence-corrected chi connectivity index (χ3v) is 6.51. The number of thiophene rings is 1. The molecule has 1 aromatic heterocycles. The van der Waals surface area contributed by atoms with Crippen molar-refractivity contribution >= 4 is 28.2 Å². The number of carbonyl (C=O) groups is 2. The van der Waals surface area contributed by atoms with Gasteiger partial charge in [-0.2, -0.15) is 0 Å². The molecule has 2 aromatic rings. The number of nitrogens with one attached hydrogen (secondary N) is 1. The number of rotatable bonds is 5. The Morgan fingerprint density at radius 1 is 1.18 bits per heavy atom. The molecular weight excluding hydrogens is 372 g/mol. The average molecular weight is 401 g/mol. The van der Waals surface area contributed by atoms with Gasteiger partial charge >= 0.3 is 5.97 Å². The van der Waals surface area contributed by atoms with Crippen LogP contribution in [0.25, 0.3) is 11.1 Å². The number of hydrogen-bond donors (Lipinski definition) is 1. The van der Waals surface area contributed by atoms with Gasteiger partial charge < -0.3 is 10.1 Å². The van der Waals surface area contributed by atoms with E-state index in [0.29, 0.717) is 29.2 Å². The Hall–Kier alpha value is -2.18. The number of ether oxygens (including phenoxy) is 1. The standard InChI is InChI=1S/C22H28N2O3S/c1-14-9-8-10-15(2)24(14)13-18(25)23-21-20(22(26)27-4)19(16(3)28-21)17-11-6-5-7-12-17/h5-7,11-12,14-15H,8-10,13H2,1-4H3,(H,23,25). The Bertz CT molecular complexity index is 837. The van der Waals surface area contributed by atoms with E-state index in [0.717, 1.165) is 28.8 Å². The van der Waals surface area contributed by atoms with Crippen LogP contribution in [-0.2, 0) is 9.53 Å². The number of nitrogens with zero attached hydrogens (tertiary/aromatic N) is 1. The number of carbonyl (C=O) groups excluding carboxylic acids is 2. The molecule has 1 aliphatic rings. The second-order valence-electron chi connectivity index (χ2n) is 7.44. The molecule has 2 unspecified atom stereocenters. The molecule has 6 heteroatoms. The molecule has 0 saturated carbocycles. The van der Waals surface area contributed by atoms with Crippen molar-refractivity contribution in [2.75, 3.05) is 19.0 Å². The predicted molar refractivity (Wildman–Crippen MR) is 114 cm³/mol. The van der Waals surface area contributed by atoms with Crippen LogP contribution >= 0.6 is 11.3 Å². The van der Waals surface area contributed by atoms with Gasteiger partial charge in [0, 0.05) is 22.5 Å². The van der Waals surface area contributed by atoms with Gasteiger partial charge in [-0.15, -0.1) is 11.3 Å². The monoisotopic (exact) mass is 400 g/mol. The number of benzene rings is 1. The fraction of sp³-hybridized carbons (Fsp3) is 0.455. The third kappa shape index (κ3) is 4.28. The fourth-order valence-corrected chi connectivity index (χ4v) is 5.08. The first-order valence-electron chi connectivity index (χ1n) is 9.75. The van der Waals surface area contributed by atoms with E-state index >= 15 is 0 Å². The van der Waals surface area contributed by atoms with E-state index in [-0.39, 0.29) is 5.91 Å². The number of anilines is 1. The van der Waals surface area contributed by atoms with Crippen LogP contribution in [0.3, 0.4) is 0 Å². The number of methoxy groups -OCH3 is 1. The highest BCUT2D eigenvalue weighted by Gasteiger charge is 2.28. The lowest BCUT2D eigenvalue weighted by atomic mass is 9.97. The maximum absolute atomic E-state index is 12.8. The number of piperidine rings is 1. The van der Waals surface area contributed by atoms with Gasteiger partial charge in [0.05, 0.1) is 13.7 Å². The molecule has 1 saturated heterocycles. The maximum Gasteiger partial charge on any atom is 0.341 e. The van der Waals surface area contributed by atoms with E-state index in [2.05, 4.69) is 24.1 Å². The molecular formula is C22H28N2O3S. The summed E-state index contributed by atoms with van der Waals surface area (Å²) in [6.45, 7) is 6.64. The van der Waals surface area contributed by atoms with Crippen molar-refractivity contribution in [1.82, 2.24) is 4.90 Å². The molecule has 1 N–H and O–H groups in total. The zero-order chi connectivity index (χ0) is 20.3. The lowest BCUT2D eigenvalue weighted by Gasteiger charge is -2.38. The van der Waals surface area contributed by atoms with E-state index in [1.807, 2.05) is 37.3 Å². The molecule has 0 bridgehead atoms. The minimum absolute atomic E-state index is 0.0911. The Morgan fingerprint density at radius 2 is 1.82 bits per heavy atom. The Morgan fingerprint density at radius 3 is 2.43 bits per heavy atom. The lowest BCUT2D eigenvalue weighted by Crippen LogP contribution is -2.47. The van der Waals surface area contributed by atoms with Crippen LogP contribution in [0, 0.1) is 6.92 Å². The first-order chi connectivity index (χ1) is 13.4. The highest BCUT2D eigenvalue weighted by molar-refractivity contribution is 7.17. The number of aryl methyl sites for hydroxylation is 1. The van der Waals surface area contributed by atoms with Crippen LogP contribution in [-0.4, -0.2) is 42.5 Å². The van der Waals surface area contributed by atoms with Crippen molar-refractivity contribution in [2.24, 2.45) is 0 Å². The van der Waals surface area contributed by atoms with E-state index in [1.165, 1.54) is 24.9 Å². The second kappa shape index (κ2) is 8.88. The molecule has 0 aliphatic carbocycles. The highest BCUT2D eigenvalue weighted by atomic mass is 32.1. The van der Waals surface area contributed by atoms with Crippen molar-refractivity contribution in [3.8, 4) is 11.1 Å². The van der Waals surface area contributed by atoms with Gasteiger partial charge in [0.15, 0.2) is 0 Å². The lowest BCUT2D eigenvalue weighted by molar-refractivity contribution is -0.118. The first-order valence-corrected chi connectivity index (χ1v) is 10.6. The van der Waals surface area contributed by atoms with E-state index < -0.39 is 5.97 Å². The smallest absolute Gasteiger partial charge is 0.341 e. The molecule has 3 rings (SSSR count). The van der Waals surface area contributed by atoms with E-state index in [4.69, 9.17) is 4.74 Å². The number of amides is 1. The first kappa shape index (κ1) is 20.6. The van der Waals surface area contributed by atoms with Crippen LogP contribution in [0.5, 0.6) is 0 Å². The summed E-state index contributed by atoms with van der Waals surface area (Å²) in [4.78, 5) is 28.6. The van der Waals surface area contributed by atoms with Gasteiger partial charge in [0.1, 0.15) is 10.6 Å². The van der Waals surface area contributed by atoms with Gasteiger partial charge in [-0.3, -0.25) is 9.69 Å². The molecule has 0 spiro atoms. The summed E-state index contributed by atoms with van der Waals surface area (Å²) >= 11 is 1.42. The number of likely N-dealkylation sites (tertiary alicyclic amines) is 1. The van der Waals surface area contributed by atoms with Crippen LogP contribution in [0.15, 0.2) is 30.3 Å².